The molecule has 0 bridgehead atoms. The average Bonchev–Trinajstić information content (AvgIpc) is 3.72. The molecule has 1 aliphatic heterocycles. The third kappa shape index (κ3) is 7.15. The molecule has 0 atom stereocenters. The van der Waals surface area contributed by atoms with Crippen molar-refractivity contribution < 1.29 is 18.6 Å². The number of hydrogen-bond donors (Lipinski definition) is 2. The zero-order valence-electron chi connectivity index (χ0n) is 25.7. The summed E-state index contributed by atoms with van der Waals surface area (Å²) in [4.78, 5) is 18.6. The van der Waals surface area contributed by atoms with Crippen LogP contribution in [-0.4, -0.2) is 81.5 Å². The average molecular weight is 610 g/mol. The highest BCUT2D eigenvalue weighted by Crippen LogP contribution is 2.33. The lowest BCUT2D eigenvalue weighted by atomic mass is 9.84. The summed E-state index contributed by atoms with van der Waals surface area (Å²) in [6, 6.07) is 9.47. The van der Waals surface area contributed by atoms with Crippen molar-refractivity contribution in [3.05, 3.63) is 48.0 Å². The number of aromatic nitrogens is 4. The molecule has 0 unspecified atom stereocenters. The Bertz CT molecular complexity index is 1410. The quantitative estimate of drug-likeness (QED) is 0.238. The summed E-state index contributed by atoms with van der Waals surface area (Å²) >= 11 is 0. The number of nitrogens with zero attached hydrogens (tertiary/aromatic N) is 6. The first kappa shape index (κ1) is 30.7. The minimum absolute atomic E-state index is 0.324. The van der Waals surface area contributed by atoms with Crippen molar-refractivity contribution in [1.82, 2.24) is 24.4 Å². The fraction of sp³-hybridized carbons (Fsp3) is 0.606. The van der Waals surface area contributed by atoms with Crippen LogP contribution in [0.25, 0.3) is 16.9 Å². The van der Waals surface area contributed by atoms with E-state index in [1.165, 1.54) is 36.5 Å². The van der Waals surface area contributed by atoms with Crippen LogP contribution in [0.2, 0.25) is 0 Å². The molecule has 3 heterocycles. The van der Waals surface area contributed by atoms with E-state index in [1.54, 1.807) is 24.3 Å². The van der Waals surface area contributed by atoms with Crippen molar-refractivity contribution in [3.8, 4) is 5.82 Å². The summed E-state index contributed by atoms with van der Waals surface area (Å²) in [6.45, 7) is 7.21. The number of fused-ring (bicyclic) bond motifs is 1. The van der Waals surface area contributed by atoms with Crippen molar-refractivity contribution in [2.75, 3.05) is 56.2 Å². The van der Waals surface area contributed by atoms with Gasteiger partial charge in [-0.05, 0) is 75.0 Å². The number of morpholine rings is 1. The van der Waals surface area contributed by atoms with Crippen LogP contribution in [0.4, 0.5) is 20.5 Å². The molecule has 1 aromatic carbocycles. The number of aliphatic hydroxyl groups excluding tert-OH is 1. The van der Waals surface area contributed by atoms with Crippen molar-refractivity contribution in [2.45, 2.75) is 70.8 Å². The number of halogens is 2. The van der Waals surface area contributed by atoms with Gasteiger partial charge in [0.2, 0.25) is 5.95 Å². The Balaban J connectivity index is 1.18. The molecule has 9 nitrogen and oxygen atoms in total. The first-order valence-corrected chi connectivity index (χ1v) is 16.2. The molecule has 6 rings (SSSR count). The SMILES string of the molecule is C/C(=C\O)CN(CC1CCCC1)[C@H]1CC[C@H](CNc2nc(N3CCOCC3)cc(-n3c(C(F)F)nc4ccccc43)n2)CC1. The molecule has 238 valence electrons. The third-order valence-electron chi connectivity index (χ3n) is 9.57. The van der Waals surface area contributed by atoms with Crippen LogP contribution in [0, 0.1) is 11.8 Å². The van der Waals surface area contributed by atoms with Crippen LogP contribution in [0.3, 0.4) is 0 Å². The zero-order valence-corrected chi connectivity index (χ0v) is 25.7. The van der Waals surface area contributed by atoms with Gasteiger partial charge in [0, 0.05) is 44.8 Å². The van der Waals surface area contributed by atoms with Gasteiger partial charge in [-0.3, -0.25) is 9.47 Å². The van der Waals surface area contributed by atoms with Gasteiger partial charge in [-0.25, -0.2) is 13.8 Å². The highest BCUT2D eigenvalue weighted by molar-refractivity contribution is 5.78. The lowest BCUT2D eigenvalue weighted by Crippen LogP contribution is -2.42. The number of anilines is 2. The minimum Gasteiger partial charge on any atom is -0.516 e. The van der Waals surface area contributed by atoms with E-state index in [-0.39, 0.29) is 5.82 Å². The van der Waals surface area contributed by atoms with Gasteiger partial charge in [-0.2, -0.15) is 9.97 Å². The number of aliphatic hydroxyl groups is 1. The molecule has 3 aliphatic rings. The maximum Gasteiger partial charge on any atom is 0.296 e. The number of alkyl halides is 2. The van der Waals surface area contributed by atoms with Crippen LogP contribution in [0.1, 0.15) is 70.5 Å². The largest absolute Gasteiger partial charge is 0.516 e. The summed E-state index contributed by atoms with van der Waals surface area (Å²) < 4.78 is 35.4. The van der Waals surface area contributed by atoms with Gasteiger partial charge < -0.3 is 20.1 Å². The van der Waals surface area contributed by atoms with Crippen molar-refractivity contribution in [3.63, 3.8) is 0 Å². The molecule has 0 amide bonds. The number of ether oxygens (including phenoxy) is 1. The van der Waals surface area contributed by atoms with Gasteiger partial charge in [0.25, 0.3) is 6.43 Å². The normalized spacial score (nSPS) is 22.0. The lowest BCUT2D eigenvalue weighted by molar-refractivity contribution is 0.122. The second-order valence-corrected chi connectivity index (χ2v) is 12.7. The molecular weight excluding hydrogens is 564 g/mol. The van der Waals surface area contributed by atoms with Gasteiger partial charge in [-0.1, -0.05) is 25.0 Å². The topological polar surface area (TPSA) is 91.6 Å². The first-order valence-electron chi connectivity index (χ1n) is 16.2. The number of benzene rings is 1. The molecule has 1 saturated heterocycles. The van der Waals surface area contributed by atoms with Crippen LogP contribution in [0.5, 0.6) is 0 Å². The molecule has 2 saturated carbocycles. The van der Waals surface area contributed by atoms with E-state index in [0.29, 0.717) is 66.9 Å². The van der Waals surface area contributed by atoms with Gasteiger partial charge >= 0.3 is 0 Å². The maximum atomic E-state index is 14.2. The van der Waals surface area contributed by atoms with E-state index in [4.69, 9.17) is 14.7 Å². The fourth-order valence-electron chi connectivity index (χ4n) is 7.18. The Labute approximate surface area is 258 Å². The van der Waals surface area contributed by atoms with E-state index in [9.17, 15) is 13.9 Å². The molecule has 44 heavy (non-hydrogen) atoms. The number of para-hydroxylation sites is 2. The van der Waals surface area contributed by atoms with Crippen molar-refractivity contribution in [2.24, 2.45) is 11.8 Å². The number of nitrogens with one attached hydrogen (secondary N) is 1. The third-order valence-corrected chi connectivity index (χ3v) is 9.57. The Hall–Kier alpha value is -3.31. The predicted molar refractivity (Wildman–Crippen MR) is 169 cm³/mol. The number of imidazole rings is 1. The maximum absolute atomic E-state index is 14.2. The van der Waals surface area contributed by atoms with Gasteiger partial charge in [0.1, 0.15) is 11.6 Å². The van der Waals surface area contributed by atoms with E-state index in [0.717, 1.165) is 56.8 Å². The Morgan fingerprint density at radius 2 is 1.75 bits per heavy atom. The van der Waals surface area contributed by atoms with Crippen molar-refractivity contribution in [1.29, 1.82) is 0 Å². The second kappa shape index (κ2) is 14.2. The highest BCUT2D eigenvalue weighted by Gasteiger charge is 2.29. The summed E-state index contributed by atoms with van der Waals surface area (Å²) in [7, 11) is 0. The lowest BCUT2D eigenvalue weighted by Gasteiger charge is -2.38. The fourth-order valence-corrected chi connectivity index (χ4v) is 7.18. The molecule has 3 aromatic rings. The Morgan fingerprint density at radius 3 is 2.48 bits per heavy atom. The molecule has 0 radical (unpaired) electrons. The van der Waals surface area contributed by atoms with E-state index >= 15 is 0 Å². The van der Waals surface area contributed by atoms with Crippen LogP contribution >= 0.6 is 0 Å². The van der Waals surface area contributed by atoms with E-state index in [1.807, 2.05) is 13.0 Å². The minimum atomic E-state index is -2.75. The van der Waals surface area contributed by atoms with Gasteiger partial charge in [0.15, 0.2) is 5.82 Å². The van der Waals surface area contributed by atoms with Crippen LogP contribution < -0.4 is 10.2 Å². The van der Waals surface area contributed by atoms with Crippen LogP contribution in [0.15, 0.2) is 42.2 Å². The Morgan fingerprint density at radius 1 is 1.02 bits per heavy atom. The van der Waals surface area contributed by atoms with Gasteiger partial charge in [0.05, 0.1) is 30.5 Å². The molecule has 0 spiro atoms. The second-order valence-electron chi connectivity index (χ2n) is 12.7. The summed E-state index contributed by atoms with van der Waals surface area (Å²) in [6.07, 6.45) is 8.25. The molecule has 2 aliphatic carbocycles. The van der Waals surface area contributed by atoms with Gasteiger partial charge in [-0.15, -0.1) is 0 Å². The first-order chi connectivity index (χ1) is 21.5. The smallest absolute Gasteiger partial charge is 0.296 e. The monoisotopic (exact) mass is 609 g/mol. The highest BCUT2D eigenvalue weighted by atomic mass is 19.3. The summed E-state index contributed by atoms with van der Waals surface area (Å²) in [5.41, 5.74) is 2.11. The predicted octanol–water partition coefficient (Wildman–Crippen LogP) is 6.51. The summed E-state index contributed by atoms with van der Waals surface area (Å²) in [5.74, 6) is 2.43. The van der Waals surface area contributed by atoms with E-state index < -0.39 is 6.43 Å². The van der Waals surface area contributed by atoms with E-state index in [2.05, 4.69) is 20.1 Å². The molecule has 3 fully saturated rings. The molecule has 11 heteroatoms. The Kier molecular flexibility index (Phi) is 9.91. The summed E-state index contributed by atoms with van der Waals surface area (Å²) in [5, 5.41) is 13.1. The van der Waals surface area contributed by atoms with Crippen molar-refractivity contribution >= 4 is 22.8 Å². The standard InChI is InChI=1S/C33H45F2N7O2/c1-23(22-43)20-41(21-25-6-2-3-7-25)26-12-10-24(11-13-26)19-36-33-38-29(40-14-16-44-17-15-40)18-30(39-33)42-28-9-5-4-8-27(28)37-32(42)31(34)35/h4-5,8-9,18,22,24-26,31,43H,2-3,6-7,10-17,19-21H2,1H3,(H,36,38,39)/b23-22+/t24-,26-. The molecule has 2 aromatic heterocycles. The number of rotatable bonds is 11. The number of hydrogen-bond acceptors (Lipinski definition) is 8. The molecular formula is C33H45F2N7O2. The zero-order chi connectivity index (χ0) is 30.5. The molecule has 2 N–H and O–H groups in total. The van der Waals surface area contributed by atoms with Crippen LogP contribution in [-0.2, 0) is 4.74 Å².